The van der Waals surface area contributed by atoms with Gasteiger partial charge in [0.05, 0.1) is 17.0 Å². The van der Waals surface area contributed by atoms with Gasteiger partial charge < -0.3 is 10.4 Å². The number of pyridine rings is 1. The number of carbonyl (C=O) groups is 1. The van der Waals surface area contributed by atoms with Crippen LogP contribution in [0.4, 0.5) is 5.69 Å². The molecule has 3 aromatic rings. The van der Waals surface area contributed by atoms with Gasteiger partial charge in [-0.1, -0.05) is 43.3 Å². The summed E-state index contributed by atoms with van der Waals surface area (Å²) in [5.41, 5.74) is 5.62. The predicted molar refractivity (Wildman–Crippen MR) is 148 cm³/mol. The van der Waals surface area contributed by atoms with E-state index >= 15 is 0 Å². The third kappa shape index (κ3) is 4.88. The van der Waals surface area contributed by atoms with Gasteiger partial charge in [0.1, 0.15) is 4.60 Å². The second-order valence-electron chi connectivity index (χ2n) is 10.8. The molecule has 1 amide bonds. The first-order valence-corrected chi connectivity index (χ1v) is 14.0. The number of fused-ring (bicyclic) bond motifs is 3. The van der Waals surface area contributed by atoms with Crippen LogP contribution in [-0.4, -0.2) is 21.6 Å². The number of nitrogens with one attached hydrogen (secondary N) is 1. The Morgan fingerprint density at radius 2 is 1.94 bits per heavy atom. The molecule has 3 atom stereocenters. The minimum Gasteiger partial charge on any atom is -0.390 e. The zero-order valence-corrected chi connectivity index (χ0v) is 22.8. The van der Waals surface area contributed by atoms with E-state index in [1.807, 2.05) is 25.1 Å². The molecule has 1 fully saturated rings. The molecule has 2 aromatic carbocycles. The van der Waals surface area contributed by atoms with Crippen molar-refractivity contribution in [2.24, 2.45) is 5.92 Å². The number of rotatable bonds is 5. The highest BCUT2D eigenvalue weighted by atomic mass is 79.9. The first-order valence-electron chi connectivity index (χ1n) is 13.2. The Hall–Kier alpha value is -2.50. The average molecular weight is 548 g/mol. The van der Waals surface area contributed by atoms with E-state index in [4.69, 9.17) is 0 Å². The van der Waals surface area contributed by atoms with E-state index in [-0.39, 0.29) is 11.3 Å². The summed E-state index contributed by atoms with van der Waals surface area (Å²) in [5, 5.41) is 14.3. The van der Waals surface area contributed by atoms with Crippen molar-refractivity contribution in [2.45, 2.75) is 76.2 Å². The maximum atomic E-state index is 13.2. The molecule has 0 bridgehead atoms. The van der Waals surface area contributed by atoms with Crippen molar-refractivity contribution in [1.29, 1.82) is 0 Å². The van der Waals surface area contributed by atoms with Gasteiger partial charge in [0.2, 0.25) is 0 Å². The third-order valence-corrected chi connectivity index (χ3v) is 9.11. The fourth-order valence-corrected chi connectivity index (χ4v) is 6.98. The quantitative estimate of drug-likeness (QED) is 0.333. The van der Waals surface area contributed by atoms with Gasteiger partial charge in [-0.3, -0.25) is 4.79 Å². The maximum Gasteiger partial charge on any atom is 0.255 e. The number of nitrogens with zero attached hydrogens (tertiary/aromatic N) is 1. The molecule has 0 saturated heterocycles. The van der Waals surface area contributed by atoms with Crippen LogP contribution >= 0.6 is 15.9 Å². The van der Waals surface area contributed by atoms with E-state index in [2.05, 4.69) is 75.6 Å². The van der Waals surface area contributed by atoms with Gasteiger partial charge in [-0.25, -0.2) is 4.98 Å². The van der Waals surface area contributed by atoms with Crippen molar-refractivity contribution in [3.05, 3.63) is 93.2 Å². The smallest absolute Gasteiger partial charge is 0.255 e. The zero-order chi connectivity index (χ0) is 25.3. The van der Waals surface area contributed by atoms with Gasteiger partial charge in [-0.2, -0.15) is 0 Å². The maximum absolute atomic E-state index is 13.2. The van der Waals surface area contributed by atoms with E-state index in [1.165, 1.54) is 16.7 Å². The first kappa shape index (κ1) is 25.2. The normalized spacial score (nSPS) is 25.4. The number of benzene rings is 2. The number of hydrogen-bond acceptors (Lipinski definition) is 3. The van der Waals surface area contributed by atoms with Gasteiger partial charge in [-0.15, -0.1) is 0 Å². The van der Waals surface area contributed by atoms with Crippen LogP contribution in [0.5, 0.6) is 0 Å². The number of carbonyl (C=O) groups excluding carboxylic acids is 1. The SMILES string of the molecule is CC[C@@]1(O)CC[C@@]2(Cc3ccccc3)c3ccc(C(=O)Nc4ccc(Br)nc4C)cc3CCC[C@H]2C1. The number of halogens is 1. The molecule has 1 saturated carbocycles. The van der Waals surface area contributed by atoms with Crippen LogP contribution < -0.4 is 5.32 Å². The minimum absolute atomic E-state index is 0.0180. The van der Waals surface area contributed by atoms with Gasteiger partial charge in [0.15, 0.2) is 0 Å². The number of amides is 1. The molecule has 2 aliphatic rings. The van der Waals surface area contributed by atoms with E-state index in [9.17, 15) is 9.90 Å². The number of anilines is 1. The molecule has 2 aliphatic carbocycles. The van der Waals surface area contributed by atoms with Crippen molar-refractivity contribution >= 4 is 27.5 Å². The molecule has 5 heteroatoms. The monoisotopic (exact) mass is 546 g/mol. The summed E-state index contributed by atoms with van der Waals surface area (Å²) in [6, 6.07) is 20.8. The van der Waals surface area contributed by atoms with E-state index in [1.54, 1.807) is 0 Å². The Kier molecular flexibility index (Phi) is 7.06. The molecule has 0 aliphatic heterocycles. The summed E-state index contributed by atoms with van der Waals surface area (Å²) in [7, 11) is 0. The number of aliphatic hydroxyl groups is 1. The molecule has 188 valence electrons. The van der Waals surface area contributed by atoms with Gasteiger partial charge in [0.25, 0.3) is 5.91 Å². The molecule has 1 aromatic heterocycles. The summed E-state index contributed by atoms with van der Waals surface area (Å²) in [6.07, 6.45) is 7.58. The molecule has 36 heavy (non-hydrogen) atoms. The molecular formula is C31H35BrN2O2. The lowest BCUT2D eigenvalue weighted by Crippen LogP contribution is -2.48. The second kappa shape index (κ2) is 10.1. The molecular weight excluding hydrogens is 512 g/mol. The predicted octanol–water partition coefficient (Wildman–Crippen LogP) is 7.16. The minimum atomic E-state index is -0.564. The first-order chi connectivity index (χ1) is 17.3. The summed E-state index contributed by atoms with van der Waals surface area (Å²) in [4.78, 5) is 17.6. The van der Waals surface area contributed by atoms with Gasteiger partial charge >= 0.3 is 0 Å². The van der Waals surface area contributed by atoms with Crippen LogP contribution in [0.25, 0.3) is 0 Å². The van der Waals surface area contributed by atoms with Crippen molar-refractivity contribution < 1.29 is 9.90 Å². The molecule has 5 rings (SSSR count). The zero-order valence-electron chi connectivity index (χ0n) is 21.2. The van der Waals surface area contributed by atoms with Crippen LogP contribution in [-0.2, 0) is 18.3 Å². The van der Waals surface area contributed by atoms with Crippen LogP contribution in [0, 0.1) is 12.8 Å². The van der Waals surface area contributed by atoms with Gasteiger partial charge in [0, 0.05) is 11.0 Å². The van der Waals surface area contributed by atoms with Crippen LogP contribution in [0.1, 0.15) is 78.2 Å². The fourth-order valence-electron chi connectivity index (χ4n) is 6.58. The van der Waals surface area contributed by atoms with E-state index in [0.717, 1.165) is 67.4 Å². The summed E-state index contributed by atoms with van der Waals surface area (Å²) in [5.74, 6) is 0.320. The summed E-state index contributed by atoms with van der Waals surface area (Å²) < 4.78 is 0.753. The average Bonchev–Trinajstić information content (AvgIpc) is 3.02. The number of aryl methyl sites for hydroxylation is 2. The third-order valence-electron chi connectivity index (χ3n) is 8.67. The van der Waals surface area contributed by atoms with E-state index < -0.39 is 5.60 Å². The summed E-state index contributed by atoms with van der Waals surface area (Å²) >= 11 is 3.38. The molecule has 4 nitrogen and oxygen atoms in total. The number of hydrogen-bond donors (Lipinski definition) is 2. The lowest BCUT2D eigenvalue weighted by molar-refractivity contribution is -0.0497. The van der Waals surface area contributed by atoms with Crippen molar-refractivity contribution in [1.82, 2.24) is 4.98 Å². The number of aromatic nitrogens is 1. The fraction of sp³-hybridized carbons (Fsp3) is 0.419. The Morgan fingerprint density at radius 3 is 2.69 bits per heavy atom. The second-order valence-corrected chi connectivity index (χ2v) is 11.6. The van der Waals surface area contributed by atoms with Gasteiger partial charge in [-0.05, 0) is 121 Å². The Morgan fingerprint density at radius 1 is 1.14 bits per heavy atom. The van der Waals surface area contributed by atoms with Crippen molar-refractivity contribution in [2.75, 3.05) is 5.32 Å². The molecule has 0 radical (unpaired) electrons. The highest BCUT2D eigenvalue weighted by Gasteiger charge is 2.50. The van der Waals surface area contributed by atoms with Crippen LogP contribution in [0.3, 0.4) is 0 Å². The Labute approximate surface area is 222 Å². The van der Waals surface area contributed by atoms with Crippen molar-refractivity contribution in [3.8, 4) is 0 Å². The van der Waals surface area contributed by atoms with Crippen LogP contribution in [0.2, 0.25) is 0 Å². The highest BCUT2D eigenvalue weighted by Crippen LogP contribution is 2.54. The molecule has 0 unspecified atom stereocenters. The standard InChI is InChI=1S/C31H35BrN2O2/c1-3-30(36)16-17-31(19-22-8-5-4-6-9-22)25(20-30)11-7-10-23-18-24(12-13-26(23)31)29(35)34-27-14-15-28(32)33-21(27)2/h4-6,8-9,12-15,18,25,36H,3,7,10-11,16-17,19-20H2,1-2H3,(H,34,35)/t25-,30+,31-/m0/s1. The topological polar surface area (TPSA) is 62.2 Å². The largest absolute Gasteiger partial charge is 0.390 e. The Balaban J connectivity index is 1.51. The summed E-state index contributed by atoms with van der Waals surface area (Å²) in [6.45, 7) is 4.01. The lowest BCUT2D eigenvalue weighted by Gasteiger charge is -2.50. The highest BCUT2D eigenvalue weighted by molar-refractivity contribution is 9.10. The lowest BCUT2D eigenvalue weighted by atomic mass is 9.55. The molecule has 1 heterocycles. The van der Waals surface area contributed by atoms with Crippen LogP contribution in [0.15, 0.2) is 65.3 Å². The van der Waals surface area contributed by atoms with Crippen molar-refractivity contribution in [3.63, 3.8) is 0 Å². The van der Waals surface area contributed by atoms with E-state index in [0.29, 0.717) is 11.5 Å². The Bertz CT molecular complexity index is 1260. The molecule has 0 spiro atoms. The molecule has 2 N–H and O–H groups in total.